The van der Waals surface area contributed by atoms with Crippen LogP contribution in [0.25, 0.3) is 0 Å². The molecule has 0 atom stereocenters. The first-order valence-electron chi connectivity index (χ1n) is 4.09. The molecular weight excluding hydrogens is 199 g/mol. The van der Waals surface area contributed by atoms with E-state index in [-0.39, 0.29) is 6.42 Å². The molecule has 80 valence electrons. The number of hydrogen-bond donors (Lipinski definition) is 1. The largest absolute Gasteiger partial charge is 0.504 e. The van der Waals surface area contributed by atoms with Gasteiger partial charge in [-0.3, -0.25) is 4.79 Å². The van der Waals surface area contributed by atoms with Gasteiger partial charge in [0, 0.05) is 13.6 Å². The Morgan fingerprint density at radius 2 is 2.07 bits per heavy atom. The van der Waals surface area contributed by atoms with E-state index in [9.17, 15) is 18.0 Å². The molecule has 3 nitrogen and oxygen atoms in total. The second-order valence-corrected chi connectivity index (χ2v) is 3.16. The molecule has 1 amide bonds. The zero-order valence-electron chi connectivity index (χ0n) is 7.56. The van der Waals surface area contributed by atoms with Crippen molar-refractivity contribution in [3.8, 4) is 0 Å². The molecule has 1 fully saturated rings. The van der Waals surface area contributed by atoms with Gasteiger partial charge in [-0.1, -0.05) is 0 Å². The number of piperidine rings is 1. The lowest BCUT2D eigenvalue weighted by atomic mass is 10.0. The lowest BCUT2D eigenvalue weighted by Crippen LogP contribution is -2.35. The van der Waals surface area contributed by atoms with Crippen LogP contribution in [-0.2, 0) is 4.79 Å². The van der Waals surface area contributed by atoms with Crippen LogP contribution in [0.4, 0.5) is 13.2 Å². The lowest BCUT2D eigenvalue weighted by Gasteiger charge is -2.25. The van der Waals surface area contributed by atoms with Crippen molar-refractivity contribution in [2.45, 2.75) is 19.0 Å². The number of halogens is 3. The Hall–Kier alpha value is -1.20. The van der Waals surface area contributed by atoms with E-state index in [0.29, 0.717) is 13.0 Å². The monoisotopic (exact) mass is 209 g/mol. The Labute approximate surface area is 78.8 Å². The van der Waals surface area contributed by atoms with E-state index >= 15 is 0 Å². The van der Waals surface area contributed by atoms with Crippen molar-refractivity contribution >= 4 is 5.91 Å². The summed E-state index contributed by atoms with van der Waals surface area (Å²) in [5.74, 6) is -2.50. The third kappa shape index (κ3) is 2.00. The van der Waals surface area contributed by atoms with Crippen molar-refractivity contribution in [2.24, 2.45) is 0 Å². The highest BCUT2D eigenvalue weighted by atomic mass is 19.4. The summed E-state index contributed by atoms with van der Waals surface area (Å²) in [6.07, 6.45) is -4.41. The smallest absolute Gasteiger partial charge is 0.449 e. The van der Waals surface area contributed by atoms with Crippen LogP contribution in [0.2, 0.25) is 0 Å². The van der Waals surface area contributed by atoms with E-state index in [1.54, 1.807) is 0 Å². The molecule has 0 aromatic heterocycles. The summed E-state index contributed by atoms with van der Waals surface area (Å²) < 4.78 is 36.2. The van der Waals surface area contributed by atoms with Gasteiger partial charge < -0.3 is 10.0 Å². The minimum atomic E-state index is -4.83. The highest BCUT2D eigenvalue weighted by molar-refractivity contribution is 5.94. The van der Waals surface area contributed by atoms with Gasteiger partial charge >= 0.3 is 6.18 Å². The Morgan fingerprint density at radius 3 is 2.57 bits per heavy atom. The Balaban J connectivity index is 3.01. The number of carbonyl (C=O) groups is 1. The summed E-state index contributed by atoms with van der Waals surface area (Å²) >= 11 is 0. The molecule has 0 radical (unpaired) electrons. The number of aliphatic hydroxyl groups is 1. The average Bonchev–Trinajstić information content (AvgIpc) is 2.07. The zero-order valence-corrected chi connectivity index (χ0v) is 7.56. The van der Waals surface area contributed by atoms with Crippen molar-refractivity contribution < 1.29 is 23.1 Å². The number of carbonyl (C=O) groups excluding carboxylic acids is 1. The van der Waals surface area contributed by atoms with Crippen LogP contribution in [0.15, 0.2) is 11.3 Å². The third-order valence-electron chi connectivity index (χ3n) is 2.08. The summed E-state index contributed by atoms with van der Waals surface area (Å²) in [6.45, 7) is 0.424. The first kappa shape index (κ1) is 10.9. The molecule has 0 bridgehead atoms. The molecule has 0 saturated carbocycles. The van der Waals surface area contributed by atoms with Gasteiger partial charge in [-0.05, 0) is 12.8 Å². The SMILES string of the molecule is CN1CCC/C(=C(/O)C(F)(F)F)C1=O. The molecular formula is C8H10F3NO2. The standard InChI is InChI=1S/C8H10F3NO2/c1-12-4-2-3-5(7(12)14)6(13)8(9,10)11/h13H,2-4H2,1H3/b6-5-. The van der Waals surface area contributed by atoms with E-state index in [1.165, 1.54) is 11.9 Å². The van der Waals surface area contributed by atoms with Crippen LogP contribution in [-0.4, -0.2) is 35.7 Å². The molecule has 14 heavy (non-hydrogen) atoms. The molecule has 0 aromatic rings. The first-order valence-corrected chi connectivity index (χ1v) is 4.09. The molecule has 1 saturated heterocycles. The quantitative estimate of drug-likeness (QED) is 0.486. The van der Waals surface area contributed by atoms with Gasteiger partial charge in [0.1, 0.15) is 0 Å². The highest BCUT2D eigenvalue weighted by Crippen LogP contribution is 2.30. The molecule has 0 unspecified atom stereocenters. The van der Waals surface area contributed by atoms with Gasteiger partial charge in [-0.25, -0.2) is 0 Å². The molecule has 0 aromatic carbocycles. The van der Waals surface area contributed by atoms with Crippen LogP contribution < -0.4 is 0 Å². The fraction of sp³-hybridized carbons (Fsp3) is 0.625. The van der Waals surface area contributed by atoms with E-state index in [2.05, 4.69) is 0 Å². The number of hydrogen-bond acceptors (Lipinski definition) is 2. The molecule has 1 aliphatic rings. The number of aliphatic hydroxyl groups excluding tert-OH is 1. The van der Waals surface area contributed by atoms with E-state index < -0.39 is 23.4 Å². The van der Waals surface area contributed by atoms with Gasteiger partial charge in [0.2, 0.25) is 5.76 Å². The van der Waals surface area contributed by atoms with Crippen LogP contribution in [0.5, 0.6) is 0 Å². The maximum atomic E-state index is 12.1. The van der Waals surface area contributed by atoms with Gasteiger partial charge in [0.15, 0.2) is 0 Å². The number of allylic oxidation sites excluding steroid dienone is 1. The van der Waals surface area contributed by atoms with Crippen LogP contribution in [0.1, 0.15) is 12.8 Å². The lowest BCUT2D eigenvalue weighted by molar-refractivity contribution is -0.134. The van der Waals surface area contributed by atoms with Crippen LogP contribution >= 0.6 is 0 Å². The maximum Gasteiger partial charge on any atom is 0.449 e. The molecule has 0 spiro atoms. The Bertz CT molecular complexity index is 283. The molecule has 1 aliphatic heterocycles. The van der Waals surface area contributed by atoms with Crippen molar-refractivity contribution in [1.29, 1.82) is 0 Å². The number of alkyl halides is 3. The minimum absolute atomic E-state index is 0.0193. The van der Waals surface area contributed by atoms with E-state index in [0.717, 1.165) is 0 Å². The van der Waals surface area contributed by atoms with Crippen LogP contribution in [0, 0.1) is 0 Å². The van der Waals surface area contributed by atoms with Crippen LogP contribution in [0.3, 0.4) is 0 Å². The predicted octanol–water partition coefficient (Wildman–Crippen LogP) is 1.61. The second kappa shape index (κ2) is 3.51. The zero-order chi connectivity index (χ0) is 10.9. The predicted molar refractivity (Wildman–Crippen MR) is 42.6 cm³/mol. The Morgan fingerprint density at radius 1 is 1.50 bits per heavy atom. The normalized spacial score (nSPS) is 22.6. The first-order chi connectivity index (χ1) is 6.34. The summed E-state index contributed by atoms with van der Waals surface area (Å²) in [4.78, 5) is 12.4. The fourth-order valence-electron chi connectivity index (χ4n) is 1.32. The van der Waals surface area contributed by atoms with Crippen molar-refractivity contribution in [3.63, 3.8) is 0 Å². The van der Waals surface area contributed by atoms with Crippen molar-refractivity contribution in [3.05, 3.63) is 11.3 Å². The third-order valence-corrected chi connectivity index (χ3v) is 2.08. The fourth-order valence-corrected chi connectivity index (χ4v) is 1.32. The Kier molecular flexibility index (Phi) is 2.73. The number of likely N-dealkylation sites (N-methyl/N-ethyl adjacent to an activating group) is 1. The molecule has 1 heterocycles. The maximum absolute atomic E-state index is 12.1. The summed E-state index contributed by atoms with van der Waals surface area (Å²) in [6, 6.07) is 0. The van der Waals surface area contributed by atoms with E-state index in [1.807, 2.05) is 0 Å². The number of rotatable bonds is 0. The van der Waals surface area contributed by atoms with Crippen molar-refractivity contribution in [2.75, 3.05) is 13.6 Å². The number of likely N-dealkylation sites (tertiary alicyclic amines) is 1. The average molecular weight is 209 g/mol. The summed E-state index contributed by atoms with van der Waals surface area (Å²) in [7, 11) is 1.41. The van der Waals surface area contributed by atoms with Gasteiger partial charge in [0.05, 0.1) is 5.57 Å². The molecule has 6 heteroatoms. The van der Waals surface area contributed by atoms with Gasteiger partial charge in [-0.15, -0.1) is 0 Å². The van der Waals surface area contributed by atoms with Gasteiger partial charge in [0.25, 0.3) is 5.91 Å². The van der Waals surface area contributed by atoms with Gasteiger partial charge in [-0.2, -0.15) is 13.2 Å². The summed E-state index contributed by atoms with van der Waals surface area (Å²) in [5.41, 5.74) is -0.536. The van der Waals surface area contributed by atoms with Crippen molar-refractivity contribution in [1.82, 2.24) is 4.90 Å². The number of nitrogens with zero attached hydrogens (tertiary/aromatic N) is 1. The molecule has 0 aliphatic carbocycles. The summed E-state index contributed by atoms with van der Waals surface area (Å²) in [5, 5.41) is 8.81. The molecule has 1 rings (SSSR count). The van der Waals surface area contributed by atoms with E-state index in [4.69, 9.17) is 5.11 Å². The topological polar surface area (TPSA) is 40.5 Å². The number of amides is 1. The highest BCUT2D eigenvalue weighted by Gasteiger charge is 2.39. The molecule has 1 N–H and O–H groups in total. The minimum Gasteiger partial charge on any atom is -0.504 e. The second-order valence-electron chi connectivity index (χ2n) is 3.16.